The van der Waals surface area contributed by atoms with Crippen LogP contribution >= 0.6 is 0 Å². The molecule has 2 aliphatic heterocycles. The largest absolute Gasteiger partial charge is 0.461 e. The van der Waals surface area contributed by atoms with Gasteiger partial charge >= 0.3 is 12.1 Å². The highest BCUT2D eigenvalue weighted by molar-refractivity contribution is 5.81. The van der Waals surface area contributed by atoms with E-state index < -0.39 is 11.0 Å². The molecular weight excluding hydrogens is 260 g/mol. The van der Waals surface area contributed by atoms with Crippen molar-refractivity contribution in [1.29, 1.82) is 0 Å². The van der Waals surface area contributed by atoms with E-state index in [1.807, 2.05) is 27.7 Å². The quantitative estimate of drug-likeness (QED) is 0.678. The predicted molar refractivity (Wildman–Crippen MR) is 73.0 cm³/mol. The first-order valence-corrected chi connectivity index (χ1v) is 7.10. The van der Waals surface area contributed by atoms with E-state index in [0.717, 1.165) is 0 Å². The first-order chi connectivity index (χ1) is 9.16. The summed E-state index contributed by atoms with van der Waals surface area (Å²) in [7, 11) is 0. The lowest BCUT2D eigenvalue weighted by Crippen LogP contribution is -2.53. The Morgan fingerprint density at radius 1 is 1.40 bits per heavy atom. The highest BCUT2D eigenvalue weighted by atomic mass is 16.6. The Morgan fingerprint density at radius 3 is 2.35 bits per heavy atom. The Balaban J connectivity index is 1.99. The predicted octanol–water partition coefficient (Wildman–Crippen LogP) is 1.28. The monoisotopic (exact) mass is 284 g/mol. The number of carbonyl (C=O) groups is 2. The number of rotatable bonds is 0. The molecule has 2 N–H and O–H groups in total. The van der Waals surface area contributed by atoms with E-state index in [0.29, 0.717) is 25.9 Å². The summed E-state index contributed by atoms with van der Waals surface area (Å²) < 4.78 is 10.6. The van der Waals surface area contributed by atoms with E-state index in [1.165, 1.54) is 0 Å². The third-order valence-electron chi connectivity index (χ3n) is 4.15. The van der Waals surface area contributed by atoms with Crippen molar-refractivity contribution in [1.82, 2.24) is 4.90 Å². The van der Waals surface area contributed by atoms with Crippen LogP contribution in [0.5, 0.6) is 0 Å². The van der Waals surface area contributed by atoms with Crippen molar-refractivity contribution in [3.63, 3.8) is 0 Å². The van der Waals surface area contributed by atoms with Crippen LogP contribution in [-0.2, 0) is 14.3 Å². The Hall–Kier alpha value is -1.30. The van der Waals surface area contributed by atoms with E-state index in [-0.39, 0.29) is 24.2 Å². The molecule has 2 rings (SSSR count). The van der Waals surface area contributed by atoms with Gasteiger partial charge in [-0.15, -0.1) is 0 Å². The van der Waals surface area contributed by atoms with Crippen molar-refractivity contribution in [2.45, 2.75) is 58.3 Å². The average Bonchev–Trinajstić information content (AvgIpc) is 2.53. The third-order valence-corrected chi connectivity index (χ3v) is 4.15. The molecule has 2 saturated heterocycles. The van der Waals surface area contributed by atoms with E-state index in [9.17, 15) is 9.59 Å². The van der Waals surface area contributed by atoms with Gasteiger partial charge in [0.05, 0.1) is 11.5 Å². The molecule has 0 saturated carbocycles. The van der Waals surface area contributed by atoms with Crippen LogP contribution < -0.4 is 5.73 Å². The van der Waals surface area contributed by atoms with Crippen LogP contribution in [0.2, 0.25) is 0 Å². The molecule has 2 heterocycles. The summed E-state index contributed by atoms with van der Waals surface area (Å²) >= 11 is 0. The van der Waals surface area contributed by atoms with Gasteiger partial charge in [0.1, 0.15) is 11.7 Å². The van der Waals surface area contributed by atoms with Gasteiger partial charge in [0.2, 0.25) is 0 Å². The molecule has 114 valence electrons. The smallest absolute Gasteiger partial charge is 0.410 e. The minimum absolute atomic E-state index is 0.221. The van der Waals surface area contributed by atoms with Gasteiger partial charge in [-0.1, -0.05) is 0 Å². The molecule has 2 unspecified atom stereocenters. The second-order valence-electron chi connectivity index (χ2n) is 6.76. The van der Waals surface area contributed by atoms with Gasteiger partial charge in [-0.3, -0.25) is 4.79 Å². The van der Waals surface area contributed by atoms with Crippen LogP contribution in [0.1, 0.15) is 40.5 Å². The van der Waals surface area contributed by atoms with Gasteiger partial charge in [0, 0.05) is 13.1 Å². The second-order valence-corrected chi connectivity index (χ2v) is 6.76. The molecule has 0 aromatic rings. The zero-order chi connectivity index (χ0) is 15.1. The molecule has 6 heteroatoms. The Labute approximate surface area is 119 Å². The normalized spacial score (nSPS) is 29.4. The van der Waals surface area contributed by atoms with Crippen molar-refractivity contribution in [3.05, 3.63) is 0 Å². The van der Waals surface area contributed by atoms with E-state index in [1.54, 1.807) is 4.90 Å². The molecule has 0 aromatic carbocycles. The molecule has 0 radical (unpaired) electrons. The molecule has 2 fully saturated rings. The Bertz CT molecular complexity index is 408. The maximum Gasteiger partial charge on any atom is 0.410 e. The Morgan fingerprint density at radius 2 is 1.95 bits per heavy atom. The number of hydrogen-bond donors (Lipinski definition) is 1. The number of nitrogens with zero attached hydrogens (tertiary/aromatic N) is 1. The van der Waals surface area contributed by atoms with E-state index in [2.05, 4.69) is 0 Å². The fourth-order valence-corrected chi connectivity index (χ4v) is 2.90. The molecule has 1 amide bonds. The number of piperidine rings is 1. The lowest BCUT2D eigenvalue weighted by molar-refractivity contribution is -0.150. The van der Waals surface area contributed by atoms with Gasteiger partial charge in [-0.2, -0.15) is 0 Å². The first kappa shape index (κ1) is 15.1. The minimum atomic E-state index is -0.627. The number of amides is 1. The Kier molecular flexibility index (Phi) is 3.71. The first-order valence-electron chi connectivity index (χ1n) is 7.10. The van der Waals surface area contributed by atoms with Crippen LogP contribution in [0.4, 0.5) is 4.79 Å². The van der Waals surface area contributed by atoms with Crippen molar-refractivity contribution in [3.8, 4) is 0 Å². The van der Waals surface area contributed by atoms with E-state index >= 15 is 0 Å². The highest BCUT2D eigenvalue weighted by Gasteiger charge is 2.55. The average molecular weight is 284 g/mol. The summed E-state index contributed by atoms with van der Waals surface area (Å²) in [5.41, 5.74) is 4.98. The maximum absolute atomic E-state index is 12.0. The summed E-state index contributed by atoms with van der Waals surface area (Å²) in [5.74, 6) is -0.221. The molecule has 0 bridgehead atoms. The lowest BCUT2D eigenvalue weighted by Gasteiger charge is -2.39. The third kappa shape index (κ3) is 2.61. The standard InChI is InChI=1S/C14H24N2O4/c1-9-10(15)14(11(17)19-9)5-7-16(8-6-14)12(18)20-13(2,3)4/h9-10H,5-8,15H2,1-4H3. The molecule has 6 nitrogen and oxygen atoms in total. The lowest BCUT2D eigenvalue weighted by atomic mass is 9.73. The summed E-state index contributed by atoms with van der Waals surface area (Å²) in [5, 5.41) is 0. The topological polar surface area (TPSA) is 81.9 Å². The number of carbonyl (C=O) groups excluding carboxylic acids is 2. The van der Waals surface area contributed by atoms with Crippen LogP contribution in [0.15, 0.2) is 0 Å². The fraction of sp³-hybridized carbons (Fsp3) is 0.857. The summed E-state index contributed by atoms with van der Waals surface area (Å²) in [4.78, 5) is 25.7. The molecule has 2 aliphatic rings. The van der Waals surface area contributed by atoms with E-state index in [4.69, 9.17) is 15.2 Å². The summed E-state index contributed by atoms with van der Waals surface area (Å²) in [6, 6.07) is -0.296. The minimum Gasteiger partial charge on any atom is -0.461 e. The van der Waals surface area contributed by atoms with Crippen LogP contribution in [0, 0.1) is 5.41 Å². The number of nitrogens with two attached hydrogens (primary N) is 1. The van der Waals surface area contributed by atoms with Gasteiger partial charge in [-0.05, 0) is 40.5 Å². The van der Waals surface area contributed by atoms with Crippen molar-refractivity contribution in [2.24, 2.45) is 11.1 Å². The van der Waals surface area contributed by atoms with Crippen LogP contribution in [0.3, 0.4) is 0 Å². The molecular formula is C14H24N2O4. The maximum atomic E-state index is 12.0. The van der Waals surface area contributed by atoms with Crippen LogP contribution in [0.25, 0.3) is 0 Å². The van der Waals surface area contributed by atoms with Crippen molar-refractivity contribution in [2.75, 3.05) is 13.1 Å². The van der Waals surface area contributed by atoms with Gasteiger partial charge in [-0.25, -0.2) is 4.79 Å². The highest BCUT2D eigenvalue weighted by Crippen LogP contribution is 2.42. The van der Waals surface area contributed by atoms with Crippen LogP contribution in [-0.4, -0.2) is 47.8 Å². The number of ether oxygens (including phenoxy) is 2. The molecule has 0 aliphatic carbocycles. The number of hydrogen-bond acceptors (Lipinski definition) is 5. The van der Waals surface area contributed by atoms with Gasteiger partial charge in [0.25, 0.3) is 0 Å². The fourth-order valence-electron chi connectivity index (χ4n) is 2.90. The van der Waals surface area contributed by atoms with Crippen molar-refractivity contribution < 1.29 is 19.1 Å². The van der Waals surface area contributed by atoms with Gasteiger partial charge in [0.15, 0.2) is 0 Å². The second kappa shape index (κ2) is 4.91. The molecule has 2 atom stereocenters. The van der Waals surface area contributed by atoms with Crippen molar-refractivity contribution >= 4 is 12.1 Å². The molecule has 0 aromatic heterocycles. The number of cyclic esters (lactones) is 1. The number of esters is 1. The number of likely N-dealkylation sites (tertiary alicyclic amines) is 1. The van der Waals surface area contributed by atoms with Gasteiger partial charge < -0.3 is 20.1 Å². The summed E-state index contributed by atoms with van der Waals surface area (Å²) in [6.07, 6.45) is 0.489. The SMILES string of the molecule is CC1OC(=O)C2(CCN(C(=O)OC(C)(C)C)CC2)C1N. The summed E-state index contributed by atoms with van der Waals surface area (Å²) in [6.45, 7) is 8.28. The zero-order valence-corrected chi connectivity index (χ0v) is 12.6. The molecule has 20 heavy (non-hydrogen) atoms. The zero-order valence-electron chi connectivity index (χ0n) is 12.6. The molecule has 1 spiro atoms.